The van der Waals surface area contributed by atoms with Gasteiger partial charge in [-0.1, -0.05) is 12.1 Å². The van der Waals surface area contributed by atoms with Crippen LogP contribution < -0.4 is 21.3 Å². The molecule has 7 nitrogen and oxygen atoms in total. The molecule has 1 unspecified atom stereocenters. The van der Waals surface area contributed by atoms with Crippen LogP contribution in [-0.4, -0.2) is 24.0 Å². The number of rotatable bonds is 3. The lowest BCUT2D eigenvalue weighted by molar-refractivity contribution is -0.120. The molecule has 2 rings (SSSR count). The van der Waals surface area contributed by atoms with Crippen LogP contribution in [0, 0.1) is 0 Å². The molecule has 20 heavy (non-hydrogen) atoms. The third kappa shape index (κ3) is 3.25. The van der Waals surface area contributed by atoms with Crippen LogP contribution in [0.2, 0.25) is 0 Å². The zero-order valence-electron chi connectivity index (χ0n) is 11.2. The Kier molecular flexibility index (Phi) is 3.88. The number of amides is 5. The molecule has 1 saturated heterocycles. The molecule has 4 N–H and O–H groups in total. The second-order valence-electron chi connectivity index (χ2n) is 4.77. The number of carbonyl (C=O) groups is 3. The van der Waals surface area contributed by atoms with Gasteiger partial charge in [0.15, 0.2) is 0 Å². The predicted octanol–water partition coefficient (Wildman–Crippen LogP) is 1.10. The van der Waals surface area contributed by atoms with Gasteiger partial charge < -0.3 is 16.0 Å². The van der Waals surface area contributed by atoms with E-state index in [9.17, 15) is 14.4 Å². The fraction of sp³-hybridized carbons (Fsp3) is 0.308. The number of urea groups is 2. The first-order valence-electron chi connectivity index (χ1n) is 6.24. The first kappa shape index (κ1) is 13.9. The van der Waals surface area contributed by atoms with Gasteiger partial charge in [0.1, 0.15) is 6.04 Å². The Morgan fingerprint density at radius 3 is 2.65 bits per heavy atom. The largest absolute Gasteiger partial charge is 0.336 e. The van der Waals surface area contributed by atoms with Gasteiger partial charge in [-0.25, -0.2) is 9.59 Å². The summed E-state index contributed by atoms with van der Waals surface area (Å²) in [7, 11) is 0. The Morgan fingerprint density at radius 1 is 1.30 bits per heavy atom. The third-order valence-corrected chi connectivity index (χ3v) is 2.67. The Bertz CT molecular complexity index is 556. The summed E-state index contributed by atoms with van der Waals surface area (Å²) >= 11 is 0. The summed E-state index contributed by atoms with van der Waals surface area (Å²) in [4.78, 5) is 34.3. The summed E-state index contributed by atoms with van der Waals surface area (Å²) < 4.78 is 0. The van der Waals surface area contributed by atoms with Crippen LogP contribution in [0.1, 0.15) is 25.5 Å². The summed E-state index contributed by atoms with van der Waals surface area (Å²) in [5, 5.41) is 10.0. The fourth-order valence-corrected chi connectivity index (χ4v) is 1.88. The molecule has 0 aromatic heterocycles. The summed E-state index contributed by atoms with van der Waals surface area (Å²) in [6.07, 6.45) is 0. The van der Waals surface area contributed by atoms with E-state index >= 15 is 0 Å². The number of hydrogen-bond donors (Lipinski definition) is 4. The SMILES string of the molecule is CC(C)NC(=O)Nc1cccc(C2NC(=O)NC2=O)c1. The normalized spacial score (nSPS) is 17.6. The van der Waals surface area contributed by atoms with Gasteiger partial charge in [-0.15, -0.1) is 0 Å². The van der Waals surface area contributed by atoms with Crippen molar-refractivity contribution in [2.75, 3.05) is 5.32 Å². The quantitative estimate of drug-likeness (QED) is 0.622. The first-order chi connectivity index (χ1) is 9.45. The highest BCUT2D eigenvalue weighted by Gasteiger charge is 2.30. The molecule has 106 valence electrons. The molecule has 0 spiro atoms. The average molecular weight is 276 g/mol. The number of anilines is 1. The molecular formula is C13H16N4O3. The van der Waals surface area contributed by atoms with Crippen molar-refractivity contribution in [3.8, 4) is 0 Å². The Balaban J connectivity index is 2.10. The van der Waals surface area contributed by atoms with Crippen molar-refractivity contribution in [3.63, 3.8) is 0 Å². The Morgan fingerprint density at radius 2 is 2.05 bits per heavy atom. The number of hydrogen-bond acceptors (Lipinski definition) is 3. The molecule has 0 saturated carbocycles. The lowest BCUT2D eigenvalue weighted by atomic mass is 10.1. The lowest BCUT2D eigenvalue weighted by Crippen LogP contribution is -2.34. The monoisotopic (exact) mass is 276 g/mol. The zero-order chi connectivity index (χ0) is 14.7. The molecule has 5 amide bonds. The van der Waals surface area contributed by atoms with Crippen molar-refractivity contribution in [2.24, 2.45) is 0 Å². The van der Waals surface area contributed by atoms with Gasteiger partial charge in [0.05, 0.1) is 0 Å². The van der Waals surface area contributed by atoms with E-state index in [-0.39, 0.29) is 12.1 Å². The predicted molar refractivity (Wildman–Crippen MR) is 73.1 cm³/mol. The van der Waals surface area contributed by atoms with E-state index < -0.39 is 18.0 Å². The number of benzene rings is 1. The van der Waals surface area contributed by atoms with Crippen molar-refractivity contribution in [3.05, 3.63) is 29.8 Å². The molecule has 1 heterocycles. The standard InChI is InChI=1S/C13H16N4O3/c1-7(2)14-12(19)15-9-5-3-4-8(6-9)10-11(18)17-13(20)16-10/h3-7,10H,1-2H3,(H2,14,15,19)(H2,16,17,18,20). The molecule has 1 aromatic rings. The van der Waals surface area contributed by atoms with E-state index in [0.717, 1.165) is 0 Å². The fourth-order valence-electron chi connectivity index (χ4n) is 1.88. The average Bonchev–Trinajstić information content (AvgIpc) is 2.67. The van der Waals surface area contributed by atoms with E-state index in [1.165, 1.54) is 0 Å². The van der Waals surface area contributed by atoms with Gasteiger partial charge in [0.2, 0.25) is 0 Å². The maximum absolute atomic E-state index is 11.6. The lowest BCUT2D eigenvalue weighted by Gasteiger charge is -2.12. The minimum absolute atomic E-state index is 0.0260. The van der Waals surface area contributed by atoms with Crippen LogP contribution in [-0.2, 0) is 4.79 Å². The summed E-state index contributed by atoms with van der Waals surface area (Å²) in [5.41, 5.74) is 1.16. The second-order valence-corrected chi connectivity index (χ2v) is 4.77. The molecule has 1 aromatic carbocycles. The Labute approximate surface area is 116 Å². The van der Waals surface area contributed by atoms with Crippen molar-refractivity contribution in [1.82, 2.24) is 16.0 Å². The summed E-state index contributed by atoms with van der Waals surface area (Å²) in [6, 6.07) is 5.23. The smallest absolute Gasteiger partial charge is 0.322 e. The number of nitrogens with one attached hydrogen (secondary N) is 4. The molecule has 1 aliphatic rings. The molecule has 1 aliphatic heterocycles. The highest BCUT2D eigenvalue weighted by atomic mass is 16.2. The number of carbonyl (C=O) groups excluding carboxylic acids is 3. The third-order valence-electron chi connectivity index (χ3n) is 2.67. The van der Waals surface area contributed by atoms with E-state index in [4.69, 9.17) is 0 Å². The van der Waals surface area contributed by atoms with Gasteiger partial charge in [-0.3, -0.25) is 10.1 Å². The minimum atomic E-state index is -0.725. The molecule has 0 aliphatic carbocycles. The van der Waals surface area contributed by atoms with Gasteiger partial charge in [0.25, 0.3) is 5.91 Å². The highest BCUT2D eigenvalue weighted by Crippen LogP contribution is 2.20. The van der Waals surface area contributed by atoms with Crippen molar-refractivity contribution >= 4 is 23.7 Å². The van der Waals surface area contributed by atoms with Gasteiger partial charge in [0, 0.05) is 11.7 Å². The minimum Gasteiger partial charge on any atom is -0.336 e. The van der Waals surface area contributed by atoms with Crippen LogP contribution in [0.4, 0.5) is 15.3 Å². The summed E-state index contributed by atoms with van der Waals surface area (Å²) in [5.74, 6) is -0.404. The van der Waals surface area contributed by atoms with Crippen molar-refractivity contribution < 1.29 is 14.4 Å². The van der Waals surface area contributed by atoms with Gasteiger partial charge in [-0.2, -0.15) is 0 Å². The van der Waals surface area contributed by atoms with Crippen LogP contribution in [0.5, 0.6) is 0 Å². The Hall–Kier alpha value is -2.57. The van der Waals surface area contributed by atoms with Crippen molar-refractivity contribution in [1.29, 1.82) is 0 Å². The maximum Gasteiger partial charge on any atom is 0.322 e. The van der Waals surface area contributed by atoms with E-state index in [2.05, 4.69) is 21.3 Å². The molecule has 0 radical (unpaired) electrons. The van der Waals surface area contributed by atoms with Crippen LogP contribution in [0.15, 0.2) is 24.3 Å². The van der Waals surface area contributed by atoms with Crippen LogP contribution in [0.25, 0.3) is 0 Å². The van der Waals surface area contributed by atoms with E-state index in [1.807, 2.05) is 13.8 Å². The molecule has 0 bridgehead atoms. The molecule has 1 atom stereocenters. The highest BCUT2D eigenvalue weighted by molar-refractivity contribution is 6.04. The van der Waals surface area contributed by atoms with Gasteiger partial charge in [-0.05, 0) is 31.5 Å². The molecule has 7 heteroatoms. The zero-order valence-corrected chi connectivity index (χ0v) is 11.2. The number of imide groups is 1. The molecule has 1 fully saturated rings. The van der Waals surface area contributed by atoms with Crippen LogP contribution in [0.3, 0.4) is 0 Å². The van der Waals surface area contributed by atoms with Crippen LogP contribution >= 0.6 is 0 Å². The van der Waals surface area contributed by atoms with Crippen molar-refractivity contribution in [2.45, 2.75) is 25.9 Å². The topological polar surface area (TPSA) is 99.3 Å². The first-order valence-corrected chi connectivity index (χ1v) is 6.24. The van der Waals surface area contributed by atoms with E-state index in [1.54, 1.807) is 24.3 Å². The molecular weight excluding hydrogens is 260 g/mol. The summed E-state index contributed by atoms with van der Waals surface area (Å²) in [6.45, 7) is 3.71. The second kappa shape index (κ2) is 5.60. The van der Waals surface area contributed by atoms with Gasteiger partial charge >= 0.3 is 12.1 Å². The maximum atomic E-state index is 11.6. The van der Waals surface area contributed by atoms with E-state index in [0.29, 0.717) is 11.3 Å².